The van der Waals surface area contributed by atoms with Gasteiger partial charge in [0.05, 0.1) is 6.61 Å². The Morgan fingerprint density at radius 3 is 2.54 bits per heavy atom. The fourth-order valence-corrected chi connectivity index (χ4v) is 4.81. The number of halogens is 1. The molecule has 162 valence electrons. The molecule has 3 rings (SSSR count). The highest BCUT2D eigenvalue weighted by molar-refractivity contribution is 14.0. The van der Waals surface area contributed by atoms with Gasteiger partial charge in [-0.15, -0.1) is 24.0 Å². The van der Waals surface area contributed by atoms with Gasteiger partial charge in [0, 0.05) is 46.3 Å². The maximum absolute atomic E-state index is 12.1. The number of nitrogens with zero attached hydrogens (tertiary/aromatic N) is 3. The molecule has 2 heterocycles. The van der Waals surface area contributed by atoms with Gasteiger partial charge in [0.25, 0.3) is 0 Å². The van der Waals surface area contributed by atoms with E-state index in [4.69, 9.17) is 9.73 Å². The highest BCUT2D eigenvalue weighted by Gasteiger charge is 2.36. The number of hydrogen-bond donors (Lipinski definition) is 1. The average molecular weight is 506 g/mol. The van der Waals surface area contributed by atoms with Gasteiger partial charge in [0.1, 0.15) is 6.54 Å². The van der Waals surface area contributed by atoms with E-state index in [1.165, 1.54) is 51.4 Å². The van der Waals surface area contributed by atoms with Gasteiger partial charge in [-0.05, 0) is 37.5 Å². The second-order valence-corrected chi connectivity index (χ2v) is 8.98. The SMILES string of the molecule is CN(C)C(=O)CN=C(NCC1CCOC1)N1CCCC2(CCCCCC2)C1.I. The molecule has 1 aliphatic carbocycles. The molecule has 0 radical (unpaired) electrons. The number of guanidine groups is 1. The summed E-state index contributed by atoms with van der Waals surface area (Å²) in [5, 5.41) is 3.59. The molecule has 1 atom stereocenters. The van der Waals surface area contributed by atoms with Crippen LogP contribution in [-0.2, 0) is 9.53 Å². The van der Waals surface area contributed by atoms with Crippen LogP contribution in [0.3, 0.4) is 0 Å². The number of nitrogens with one attached hydrogen (secondary N) is 1. The minimum absolute atomic E-state index is 0. The van der Waals surface area contributed by atoms with Crippen molar-refractivity contribution in [2.45, 2.75) is 57.8 Å². The Balaban J connectivity index is 0.00000280. The van der Waals surface area contributed by atoms with Crippen molar-refractivity contribution in [1.82, 2.24) is 15.1 Å². The normalized spacial score (nSPS) is 25.1. The predicted octanol–water partition coefficient (Wildman–Crippen LogP) is 3.11. The summed E-state index contributed by atoms with van der Waals surface area (Å²) in [5.41, 5.74) is 0.458. The van der Waals surface area contributed by atoms with Crippen LogP contribution in [0.2, 0.25) is 0 Å². The Labute approximate surface area is 187 Å². The lowest BCUT2D eigenvalue weighted by atomic mass is 9.74. The molecule has 7 heteroatoms. The largest absolute Gasteiger partial charge is 0.381 e. The Morgan fingerprint density at radius 2 is 1.89 bits per heavy atom. The first-order valence-electron chi connectivity index (χ1n) is 10.9. The summed E-state index contributed by atoms with van der Waals surface area (Å²) < 4.78 is 5.51. The number of carbonyl (C=O) groups excluding carboxylic acids is 1. The molecule has 1 amide bonds. The highest BCUT2D eigenvalue weighted by Crippen LogP contribution is 2.42. The van der Waals surface area contributed by atoms with Gasteiger partial charge >= 0.3 is 0 Å². The quantitative estimate of drug-likeness (QED) is 0.362. The third-order valence-corrected chi connectivity index (χ3v) is 6.56. The van der Waals surface area contributed by atoms with Gasteiger partial charge in [0.2, 0.25) is 5.91 Å². The van der Waals surface area contributed by atoms with Crippen LogP contribution in [0.1, 0.15) is 57.8 Å². The molecule has 2 saturated heterocycles. The smallest absolute Gasteiger partial charge is 0.243 e. The standard InChI is InChI=1S/C21H38N4O2.HI/c1-24(2)19(26)15-23-20(22-14-18-8-13-27-16-18)25-12-7-11-21(17-25)9-5-3-4-6-10-21;/h18H,3-17H2,1-2H3,(H,22,23);1H. The lowest BCUT2D eigenvalue weighted by molar-refractivity contribution is -0.127. The van der Waals surface area contributed by atoms with Crippen molar-refractivity contribution < 1.29 is 9.53 Å². The molecular formula is C21H39IN4O2. The van der Waals surface area contributed by atoms with E-state index in [0.29, 0.717) is 11.3 Å². The first-order valence-corrected chi connectivity index (χ1v) is 10.9. The first kappa shape index (κ1) is 23.7. The van der Waals surface area contributed by atoms with E-state index in [-0.39, 0.29) is 36.4 Å². The monoisotopic (exact) mass is 506 g/mol. The molecule has 0 aromatic rings. The predicted molar refractivity (Wildman–Crippen MR) is 124 cm³/mol. The summed E-state index contributed by atoms with van der Waals surface area (Å²) in [6.07, 6.45) is 11.9. The Bertz CT molecular complexity index is 513. The molecule has 28 heavy (non-hydrogen) atoms. The second kappa shape index (κ2) is 11.6. The van der Waals surface area contributed by atoms with Crippen molar-refractivity contribution in [1.29, 1.82) is 0 Å². The van der Waals surface area contributed by atoms with Gasteiger partial charge < -0.3 is 19.9 Å². The molecule has 6 nitrogen and oxygen atoms in total. The van der Waals surface area contributed by atoms with Crippen LogP contribution >= 0.6 is 24.0 Å². The van der Waals surface area contributed by atoms with Crippen LogP contribution in [0.25, 0.3) is 0 Å². The molecule has 1 saturated carbocycles. The Kier molecular flexibility index (Phi) is 9.80. The van der Waals surface area contributed by atoms with Gasteiger partial charge in [0.15, 0.2) is 5.96 Å². The zero-order chi connectivity index (χ0) is 19.1. The van der Waals surface area contributed by atoms with Gasteiger partial charge in [-0.1, -0.05) is 25.7 Å². The van der Waals surface area contributed by atoms with E-state index in [1.807, 2.05) is 0 Å². The van der Waals surface area contributed by atoms with Crippen molar-refractivity contribution >= 4 is 35.8 Å². The third kappa shape index (κ3) is 6.75. The molecule has 0 aromatic heterocycles. The fourth-order valence-electron chi connectivity index (χ4n) is 4.81. The Hall–Kier alpha value is -0.570. The van der Waals surface area contributed by atoms with Gasteiger partial charge in [-0.25, -0.2) is 4.99 Å². The molecule has 1 unspecified atom stereocenters. The van der Waals surface area contributed by atoms with Gasteiger partial charge in [-0.2, -0.15) is 0 Å². The zero-order valence-electron chi connectivity index (χ0n) is 17.8. The van der Waals surface area contributed by atoms with Crippen molar-refractivity contribution in [3.63, 3.8) is 0 Å². The van der Waals surface area contributed by atoms with Crippen LogP contribution < -0.4 is 5.32 Å². The fraction of sp³-hybridized carbons (Fsp3) is 0.905. The number of piperidine rings is 1. The molecule has 0 bridgehead atoms. The maximum Gasteiger partial charge on any atom is 0.243 e. The first-order chi connectivity index (χ1) is 13.1. The van der Waals surface area contributed by atoms with E-state index in [2.05, 4.69) is 10.2 Å². The molecule has 3 fully saturated rings. The molecule has 1 N–H and O–H groups in total. The van der Waals surface area contributed by atoms with Crippen LogP contribution in [0.4, 0.5) is 0 Å². The van der Waals surface area contributed by atoms with Crippen LogP contribution in [-0.4, -0.2) is 75.2 Å². The van der Waals surface area contributed by atoms with E-state index >= 15 is 0 Å². The minimum Gasteiger partial charge on any atom is -0.381 e. The van der Waals surface area contributed by atoms with Crippen molar-refractivity contribution in [3.05, 3.63) is 0 Å². The van der Waals surface area contributed by atoms with E-state index < -0.39 is 0 Å². The second-order valence-electron chi connectivity index (χ2n) is 8.98. The summed E-state index contributed by atoms with van der Waals surface area (Å²) >= 11 is 0. The van der Waals surface area contributed by atoms with E-state index in [9.17, 15) is 4.79 Å². The summed E-state index contributed by atoms with van der Waals surface area (Å²) in [4.78, 5) is 20.9. The molecule has 2 aliphatic heterocycles. The van der Waals surface area contributed by atoms with Crippen molar-refractivity contribution in [3.8, 4) is 0 Å². The average Bonchev–Trinajstić information content (AvgIpc) is 3.09. The van der Waals surface area contributed by atoms with Crippen LogP contribution in [0.5, 0.6) is 0 Å². The molecule has 3 aliphatic rings. The molecule has 0 aromatic carbocycles. The topological polar surface area (TPSA) is 57.2 Å². The number of hydrogen-bond acceptors (Lipinski definition) is 3. The minimum atomic E-state index is 0. The number of ether oxygens (including phenoxy) is 1. The maximum atomic E-state index is 12.1. The molecule has 1 spiro atoms. The number of aliphatic imine (C=N–C) groups is 1. The van der Waals surface area contributed by atoms with Crippen molar-refractivity contribution in [2.24, 2.45) is 16.3 Å². The summed E-state index contributed by atoms with van der Waals surface area (Å²) in [5.74, 6) is 1.54. The van der Waals surface area contributed by atoms with Crippen molar-refractivity contribution in [2.75, 3.05) is 53.5 Å². The van der Waals surface area contributed by atoms with Crippen LogP contribution in [0, 0.1) is 11.3 Å². The summed E-state index contributed by atoms with van der Waals surface area (Å²) in [6.45, 7) is 4.95. The van der Waals surface area contributed by atoms with Gasteiger partial charge in [-0.3, -0.25) is 4.79 Å². The molecular weight excluding hydrogens is 467 g/mol. The van der Waals surface area contributed by atoms with E-state index in [0.717, 1.165) is 45.2 Å². The number of amides is 1. The lowest BCUT2D eigenvalue weighted by Gasteiger charge is -2.44. The number of likely N-dealkylation sites (N-methyl/N-ethyl adjacent to an activating group) is 1. The summed E-state index contributed by atoms with van der Waals surface area (Å²) in [6, 6.07) is 0. The zero-order valence-corrected chi connectivity index (χ0v) is 20.1. The number of rotatable bonds is 4. The summed E-state index contributed by atoms with van der Waals surface area (Å²) in [7, 11) is 3.59. The van der Waals surface area contributed by atoms with E-state index in [1.54, 1.807) is 19.0 Å². The third-order valence-electron chi connectivity index (χ3n) is 6.56. The highest BCUT2D eigenvalue weighted by atomic mass is 127. The number of likely N-dealkylation sites (tertiary alicyclic amines) is 1. The number of carbonyl (C=O) groups is 1. The lowest BCUT2D eigenvalue weighted by Crippen LogP contribution is -2.51. The Morgan fingerprint density at radius 1 is 1.18 bits per heavy atom. The van der Waals surface area contributed by atoms with Crippen LogP contribution in [0.15, 0.2) is 4.99 Å².